The molecule has 0 bridgehead atoms. The molecule has 9 aromatic rings. The molecule has 0 spiro atoms. The zero-order valence-corrected chi connectivity index (χ0v) is 42.4. The third-order valence-electron chi connectivity index (χ3n) is 11.2. The van der Waals surface area contributed by atoms with Crippen molar-refractivity contribution in [3.8, 4) is 28.4 Å². The van der Waals surface area contributed by atoms with Crippen LogP contribution in [-0.2, 0) is 33.9 Å². The topological polar surface area (TPSA) is 224 Å². The summed E-state index contributed by atoms with van der Waals surface area (Å²) in [6.07, 6.45) is 0. The number of aromatic nitrogens is 4. The minimum Gasteiger partial charge on any atom is -0.406 e. The summed E-state index contributed by atoms with van der Waals surface area (Å²) in [4.78, 5) is 10.2. The van der Waals surface area contributed by atoms with E-state index in [2.05, 4.69) is 130 Å². The highest BCUT2D eigenvalue weighted by Gasteiger charge is 2.25. The monoisotopic (exact) mass is 974 g/mol. The quantitative estimate of drug-likeness (QED) is 0.0182. The highest BCUT2D eigenvalue weighted by atomic mass is 32.5. The summed E-state index contributed by atoms with van der Waals surface area (Å²) < 4.78 is 21.2. The Kier molecular flexibility index (Phi) is 17.7. The van der Waals surface area contributed by atoms with Crippen LogP contribution in [0.15, 0.2) is 140 Å². The molecule has 70 heavy (non-hydrogen) atoms. The lowest BCUT2D eigenvalue weighted by Gasteiger charge is -2.20. The Labute approximate surface area is 414 Å². The number of pyridine rings is 2. The maximum absolute atomic E-state index is 6.75. The highest BCUT2D eigenvalue weighted by Crippen LogP contribution is 2.49. The van der Waals surface area contributed by atoms with E-state index in [0.29, 0.717) is 19.1 Å². The zero-order chi connectivity index (χ0) is 50.5. The number of anilines is 4. The molecule has 9 rings (SSSR count). The number of hydrogen-bond donors (Lipinski definition) is 4. The Hall–Kier alpha value is -7.38. The number of nitrogen functional groups attached to an aromatic ring is 4. The Morgan fingerprint density at radius 3 is 1.31 bits per heavy atom. The van der Waals surface area contributed by atoms with Gasteiger partial charge in [0.1, 0.15) is 18.9 Å². The molecule has 16 heteroatoms. The highest BCUT2D eigenvalue weighted by molar-refractivity contribution is 8.07. The van der Waals surface area contributed by atoms with Gasteiger partial charge in [0, 0.05) is 86.3 Å². The van der Waals surface area contributed by atoms with Crippen molar-refractivity contribution < 1.29 is 22.7 Å². The number of fused-ring (bicyclic) bond motifs is 6. The lowest BCUT2D eigenvalue weighted by atomic mass is 9.98. The molecule has 0 radical (unpaired) electrons. The Balaban J connectivity index is 0.000000169. The summed E-state index contributed by atoms with van der Waals surface area (Å²) in [6.45, 7) is 13.8. The van der Waals surface area contributed by atoms with Crippen LogP contribution in [0.5, 0.6) is 5.88 Å². The van der Waals surface area contributed by atoms with Gasteiger partial charge in [0.25, 0.3) is 0 Å². The van der Waals surface area contributed by atoms with Gasteiger partial charge in [0.2, 0.25) is 28.3 Å². The molecule has 0 unspecified atom stereocenters. The van der Waals surface area contributed by atoms with Crippen molar-refractivity contribution in [3.63, 3.8) is 0 Å². The van der Waals surface area contributed by atoms with Gasteiger partial charge in [-0.05, 0) is 107 Å². The maximum atomic E-state index is 6.75. The van der Waals surface area contributed by atoms with E-state index in [9.17, 15) is 0 Å². The molecular weight excluding hydrogens is 914 g/mol. The summed E-state index contributed by atoms with van der Waals surface area (Å²) in [5.41, 5.74) is 48.8. The maximum Gasteiger partial charge on any atom is 0.381 e. The van der Waals surface area contributed by atoms with Crippen molar-refractivity contribution in [1.82, 2.24) is 9.97 Å². The van der Waals surface area contributed by atoms with Crippen LogP contribution in [0.4, 0.5) is 22.7 Å². The molecule has 14 nitrogen and oxygen atoms in total. The van der Waals surface area contributed by atoms with E-state index >= 15 is 0 Å². The minimum atomic E-state index is -2.77. The van der Waals surface area contributed by atoms with Crippen molar-refractivity contribution in [3.05, 3.63) is 167 Å². The third kappa shape index (κ3) is 12.1. The largest absolute Gasteiger partial charge is 0.406 e. The van der Waals surface area contributed by atoms with E-state index in [1.54, 1.807) is 6.07 Å². The lowest BCUT2D eigenvalue weighted by molar-refractivity contribution is -0.655. The van der Waals surface area contributed by atoms with Crippen molar-refractivity contribution in [2.45, 2.75) is 67.5 Å². The number of hydrogen-bond acceptors (Lipinski definition) is 10. The van der Waals surface area contributed by atoms with Gasteiger partial charge in [-0.15, -0.1) is 0 Å². The van der Waals surface area contributed by atoms with Gasteiger partial charge in [-0.25, -0.2) is 4.98 Å². The van der Waals surface area contributed by atoms with Crippen LogP contribution in [0.3, 0.4) is 0 Å². The van der Waals surface area contributed by atoms with Gasteiger partial charge in [0.05, 0.1) is 34.8 Å². The molecule has 0 saturated heterocycles. The van der Waals surface area contributed by atoms with Crippen molar-refractivity contribution >= 4 is 84.6 Å². The van der Waals surface area contributed by atoms with Crippen LogP contribution in [0, 0.1) is 6.92 Å². The van der Waals surface area contributed by atoms with Crippen LogP contribution in [-0.4, -0.2) is 23.2 Å². The molecule has 0 aliphatic heterocycles. The van der Waals surface area contributed by atoms with Gasteiger partial charge < -0.3 is 38.5 Å². The second kappa shape index (κ2) is 23.8. The molecular formula is C54H61N11O3PS+. The van der Waals surface area contributed by atoms with E-state index in [4.69, 9.17) is 59.4 Å². The van der Waals surface area contributed by atoms with Crippen molar-refractivity contribution in [2.24, 2.45) is 0 Å². The predicted molar refractivity (Wildman–Crippen MR) is 292 cm³/mol. The van der Waals surface area contributed by atoms with Crippen LogP contribution in [0.2, 0.25) is 0 Å². The summed E-state index contributed by atoms with van der Waals surface area (Å²) in [5.74, 6) is 1.37. The number of benzene rings is 6. The fraction of sp³-hybridized carbons (Fsp3) is 0.222. The van der Waals surface area contributed by atoms with Gasteiger partial charge in [-0.1, -0.05) is 62.4 Å². The first kappa shape index (κ1) is 52.0. The van der Waals surface area contributed by atoms with Crippen LogP contribution < -0.4 is 36.6 Å². The van der Waals surface area contributed by atoms with Crippen molar-refractivity contribution in [2.75, 3.05) is 36.1 Å². The second-order valence-corrected chi connectivity index (χ2v) is 19.3. The zero-order valence-electron chi connectivity index (χ0n) is 40.7. The smallest absolute Gasteiger partial charge is 0.381 e. The normalized spacial score (nSPS) is 11.0. The molecule has 8 N–H and O–H groups in total. The number of nitrogens with zero attached hydrogens (tertiary/aromatic N) is 7. The van der Waals surface area contributed by atoms with E-state index in [1.165, 1.54) is 59.7 Å². The molecule has 0 amide bonds. The summed E-state index contributed by atoms with van der Waals surface area (Å²) in [5, 5.41) is 7.12. The Morgan fingerprint density at radius 1 is 0.557 bits per heavy atom. The fourth-order valence-corrected chi connectivity index (χ4v) is 10.4. The average molecular weight is 975 g/mol. The first-order valence-electron chi connectivity index (χ1n) is 23.1. The van der Waals surface area contributed by atoms with Gasteiger partial charge in [0.15, 0.2) is 0 Å². The molecule has 0 fully saturated rings. The second-order valence-electron chi connectivity index (χ2n) is 16.4. The minimum absolute atomic E-state index is 0.222. The number of rotatable bonds is 11. The van der Waals surface area contributed by atoms with E-state index < -0.39 is 6.72 Å². The van der Waals surface area contributed by atoms with Gasteiger partial charge in [-0.3, -0.25) is 14.0 Å². The third-order valence-corrected chi connectivity index (χ3v) is 13.6. The van der Waals surface area contributed by atoms with E-state index in [0.717, 1.165) is 58.4 Å². The standard InChI is InChI=1S/2C21H19N3.C12H21N2O3PS.N3/c2*1-2-24-20-13-16(23)9-11-18(20)17-10-8-15(22)12-19(17)21(24)14-6-4-3-5-7-14;1-6-15-18(19,16-7-2)17-11-8-10(5)13-12(14-11)9(3)4;1-3-2/h2*3-13,23H,2,22H2,1H3;8-9H,6-7H2,1-5H3;/q;;;-1/p+2. The predicted octanol–water partition coefficient (Wildman–Crippen LogP) is 12.7. The molecule has 360 valence electrons. The van der Waals surface area contributed by atoms with Crippen molar-refractivity contribution in [1.29, 1.82) is 0 Å². The van der Waals surface area contributed by atoms with Crippen LogP contribution in [0.25, 0.3) is 81.8 Å². The van der Waals surface area contributed by atoms with Gasteiger partial charge in [-0.2, -0.15) is 14.1 Å². The lowest BCUT2D eigenvalue weighted by Crippen LogP contribution is -2.36. The molecule has 0 atom stereocenters. The molecule has 3 heterocycles. The molecule has 0 saturated carbocycles. The average Bonchev–Trinajstić information content (AvgIpc) is 3.34. The number of nitrogens with two attached hydrogens (primary N) is 4. The van der Waals surface area contributed by atoms with E-state index in [1.807, 2.05) is 71.0 Å². The van der Waals surface area contributed by atoms with Crippen LogP contribution in [0.1, 0.15) is 59.0 Å². The Morgan fingerprint density at radius 2 is 0.943 bits per heavy atom. The molecule has 6 aromatic carbocycles. The fourth-order valence-electron chi connectivity index (χ4n) is 8.38. The van der Waals surface area contributed by atoms with Crippen LogP contribution >= 0.6 is 6.72 Å². The number of aryl methyl sites for hydroxylation is 3. The first-order chi connectivity index (χ1) is 33.7. The SMILES string of the molecule is CCOP(=S)(OCC)Oc1cc(C)nc(C(C)C)n1.CC[n+]1c(-c2ccccc2)c2cc(N)ccc2c2ccc(N)cc21.CC[n+]1c(-c2ccccc2)c2cc(N)ccc2c2ccc(N)cc21.[N-]=[N+]=[N-]. The van der Waals surface area contributed by atoms with E-state index in [-0.39, 0.29) is 5.92 Å². The molecule has 0 aliphatic carbocycles. The summed E-state index contributed by atoms with van der Waals surface area (Å²) >= 11 is 5.32. The molecule has 3 aromatic heterocycles. The summed E-state index contributed by atoms with van der Waals surface area (Å²) in [7, 11) is 0. The first-order valence-corrected chi connectivity index (χ1v) is 25.7. The Bertz CT molecular complexity index is 3170. The van der Waals surface area contributed by atoms with Gasteiger partial charge >= 0.3 is 6.72 Å². The summed E-state index contributed by atoms with van der Waals surface area (Å²) in [6, 6.07) is 47.2. The molecule has 0 aliphatic rings.